The van der Waals surface area contributed by atoms with Crippen molar-refractivity contribution in [2.24, 2.45) is 5.73 Å². The van der Waals surface area contributed by atoms with Gasteiger partial charge in [0.25, 0.3) is 0 Å². The fourth-order valence-corrected chi connectivity index (χ4v) is 2.32. The molecular formula is C17H21FN2O. The van der Waals surface area contributed by atoms with Crippen LogP contribution in [-0.4, -0.2) is 25.1 Å². The zero-order valence-electron chi connectivity index (χ0n) is 12.3. The minimum atomic E-state index is -0.296. The molecule has 0 unspecified atom stereocenters. The predicted octanol–water partition coefficient (Wildman–Crippen LogP) is 2.80. The Labute approximate surface area is 125 Å². The van der Waals surface area contributed by atoms with Crippen LogP contribution < -0.4 is 10.5 Å². The number of methoxy groups -OCH3 is 1. The molecule has 2 N–H and O–H groups in total. The average Bonchev–Trinajstić information content (AvgIpc) is 2.50. The highest BCUT2D eigenvalue weighted by atomic mass is 19.1. The largest absolute Gasteiger partial charge is 0.494 e. The lowest BCUT2D eigenvalue weighted by atomic mass is 10.1. The Morgan fingerprint density at radius 2 is 1.81 bits per heavy atom. The normalized spacial score (nSPS) is 10.9. The molecule has 2 aromatic rings. The average molecular weight is 288 g/mol. The molecule has 112 valence electrons. The van der Waals surface area contributed by atoms with Crippen LogP contribution in [-0.2, 0) is 13.1 Å². The van der Waals surface area contributed by atoms with Crippen LogP contribution in [0.15, 0.2) is 48.5 Å². The number of hydrogen-bond donors (Lipinski definition) is 1. The Kier molecular flexibility index (Phi) is 5.72. The van der Waals surface area contributed by atoms with E-state index >= 15 is 0 Å². The molecule has 0 aliphatic heterocycles. The maximum atomic E-state index is 14.2. The minimum Gasteiger partial charge on any atom is -0.494 e. The summed E-state index contributed by atoms with van der Waals surface area (Å²) in [5, 5.41) is 0. The van der Waals surface area contributed by atoms with Gasteiger partial charge >= 0.3 is 0 Å². The second-order valence-corrected chi connectivity index (χ2v) is 4.92. The lowest BCUT2D eigenvalue weighted by Crippen LogP contribution is -2.29. The van der Waals surface area contributed by atoms with Crippen molar-refractivity contribution in [1.82, 2.24) is 4.90 Å². The summed E-state index contributed by atoms with van der Waals surface area (Å²) >= 11 is 0. The van der Waals surface area contributed by atoms with Crippen LogP contribution in [0.4, 0.5) is 4.39 Å². The van der Waals surface area contributed by atoms with Crippen molar-refractivity contribution in [3.8, 4) is 5.75 Å². The van der Waals surface area contributed by atoms with E-state index in [0.717, 1.165) is 6.54 Å². The smallest absolute Gasteiger partial charge is 0.169 e. The number of nitrogens with zero attached hydrogens (tertiary/aromatic N) is 1. The molecule has 0 heterocycles. The van der Waals surface area contributed by atoms with Gasteiger partial charge in [-0.05, 0) is 11.6 Å². The van der Waals surface area contributed by atoms with Crippen molar-refractivity contribution in [2.45, 2.75) is 13.1 Å². The van der Waals surface area contributed by atoms with Gasteiger partial charge in [-0.15, -0.1) is 0 Å². The van der Waals surface area contributed by atoms with E-state index in [4.69, 9.17) is 10.5 Å². The summed E-state index contributed by atoms with van der Waals surface area (Å²) in [6.07, 6.45) is 0. The summed E-state index contributed by atoms with van der Waals surface area (Å²) in [6, 6.07) is 15.3. The minimum absolute atomic E-state index is 0.278. The third kappa shape index (κ3) is 4.28. The van der Waals surface area contributed by atoms with Crippen LogP contribution in [0.3, 0.4) is 0 Å². The fraction of sp³-hybridized carbons (Fsp3) is 0.294. The van der Waals surface area contributed by atoms with E-state index in [1.54, 1.807) is 18.2 Å². The first-order valence-corrected chi connectivity index (χ1v) is 7.02. The molecule has 0 spiro atoms. The zero-order chi connectivity index (χ0) is 15.1. The summed E-state index contributed by atoms with van der Waals surface area (Å²) in [5.74, 6) is -0.0185. The van der Waals surface area contributed by atoms with E-state index in [2.05, 4.69) is 17.0 Å². The lowest BCUT2D eigenvalue weighted by Gasteiger charge is -2.22. The standard InChI is InChI=1S/C17H21FN2O/c1-21-16-9-5-8-15(17(16)18)13-20(11-10-19)12-14-6-3-2-4-7-14/h2-9H,10-13,19H2,1H3. The van der Waals surface area contributed by atoms with Crippen LogP contribution in [0.25, 0.3) is 0 Å². The first kappa shape index (κ1) is 15.5. The predicted molar refractivity (Wildman–Crippen MR) is 82.6 cm³/mol. The number of benzene rings is 2. The molecule has 0 aliphatic carbocycles. The summed E-state index contributed by atoms with van der Waals surface area (Å²) in [5.41, 5.74) is 7.48. The Balaban J connectivity index is 2.13. The summed E-state index contributed by atoms with van der Waals surface area (Å²) in [7, 11) is 1.48. The van der Waals surface area contributed by atoms with Crippen LogP contribution in [0, 0.1) is 5.82 Å². The second kappa shape index (κ2) is 7.76. The van der Waals surface area contributed by atoms with Gasteiger partial charge in [0, 0.05) is 31.7 Å². The number of ether oxygens (including phenoxy) is 1. The number of hydrogen-bond acceptors (Lipinski definition) is 3. The lowest BCUT2D eigenvalue weighted by molar-refractivity contribution is 0.259. The summed E-state index contributed by atoms with van der Waals surface area (Å²) < 4.78 is 19.3. The van der Waals surface area contributed by atoms with Crippen LogP contribution >= 0.6 is 0 Å². The highest BCUT2D eigenvalue weighted by molar-refractivity contribution is 5.31. The Hall–Kier alpha value is -1.91. The highest BCUT2D eigenvalue weighted by Gasteiger charge is 2.12. The highest BCUT2D eigenvalue weighted by Crippen LogP contribution is 2.21. The molecule has 0 aromatic heterocycles. The van der Waals surface area contributed by atoms with Gasteiger partial charge in [-0.1, -0.05) is 42.5 Å². The molecule has 21 heavy (non-hydrogen) atoms. The van der Waals surface area contributed by atoms with E-state index in [0.29, 0.717) is 25.2 Å². The van der Waals surface area contributed by atoms with Gasteiger partial charge in [0.05, 0.1) is 7.11 Å². The van der Waals surface area contributed by atoms with E-state index in [9.17, 15) is 4.39 Å². The third-order valence-electron chi connectivity index (χ3n) is 3.35. The van der Waals surface area contributed by atoms with Gasteiger partial charge in [0.2, 0.25) is 0 Å². The van der Waals surface area contributed by atoms with E-state index in [1.807, 2.05) is 18.2 Å². The van der Waals surface area contributed by atoms with E-state index in [1.165, 1.54) is 12.7 Å². The second-order valence-electron chi connectivity index (χ2n) is 4.92. The monoisotopic (exact) mass is 288 g/mol. The Morgan fingerprint density at radius 3 is 2.48 bits per heavy atom. The molecule has 0 saturated carbocycles. The van der Waals surface area contributed by atoms with Crippen molar-refractivity contribution < 1.29 is 9.13 Å². The Morgan fingerprint density at radius 1 is 1.05 bits per heavy atom. The van der Waals surface area contributed by atoms with Crippen LogP contribution in [0.2, 0.25) is 0 Å². The van der Waals surface area contributed by atoms with Crippen LogP contribution in [0.1, 0.15) is 11.1 Å². The third-order valence-corrected chi connectivity index (χ3v) is 3.35. The molecule has 2 aromatic carbocycles. The number of halogens is 1. The quantitative estimate of drug-likeness (QED) is 0.851. The van der Waals surface area contributed by atoms with Crippen molar-refractivity contribution in [2.75, 3.05) is 20.2 Å². The van der Waals surface area contributed by atoms with E-state index < -0.39 is 0 Å². The van der Waals surface area contributed by atoms with Crippen molar-refractivity contribution in [3.63, 3.8) is 0 Å². The number of nitrogens with two attached hydrogens (primary N) is 1. The topological polar surface area (TPSA) is 38.5 Å². The molecule has 4 heteroatoms. The van der Waals surface area contributed by atoms with Crippen LogP contribution in [0.5, 0.6) is 5.75 Å². The molecule has 0 radical (unpaired) electrons. The molecule has 2 rings (SSSR count). The zero-order valence-corrected chi connectivity index (χ0v) is 12.3. The van der Waals surface area contributed by atoms with Gasteiger partial charge in [-0.25, -0.2) is 4.39 Å². The van der Waals surface area contributed by atoms with Crippen molar-refractivity contribution in [3.05, 3.63) is 65.5 Å². The first-order chi connectivity index (χ1) is 10.2. The fourth-order valence-electron chi connectivity index (χ4n) is 2.32. The molecule has 0 atom stereocenters. The van der Waals surface area contributed by atoms with Gasteiger partial charge in [0.15, 0.2) is 11.6 Å². The molecule has 0 fully saturated rings. The molecule has 0 bridgehead atoms. The summed E-state index contributed by atoms with van der Waals surface area (Å²) in [4.78, 5) is 2.13. The maximum Gasteiger partial charge on any atom is 0.169 e. The van der Waals surface area contributed by atoms with Gasteiger partial charge in [0.1, 0.15) is 0 Å². The van der Waals surface area contributed by atoms with Crippen molar-refractivity contribution >= 4 is 0 Å². The maximum absolute atomic E-state index is 14.2. The van der Waals surface area contributed by atoms with Gasteiger partial charge < -0.3 is 10.5 Å². The van der Waals surface area contributed by atoms with Gasteiger partial charge in [-0.3, -0.25) is 4.90 Å². The van der Waals surface area contributed by atoms with E-state index in [-0.39, 0.29) is 11.6 Å². The molecule has 0 saturated heterocycles. The Bertz CT molecular complexity index is 560. The number of rotatable bonds is 7. The summed E-state index contributed by atoms with van der Waals surface area (Å²) in [6.45, 7) is 2.51. The molecule has 3 nitrogen and oxygen atoms in total. The molecular weight excluding hydrogens is 267 g/mol. The first-order valence-electron chi connectivity index (χ1n) is 7.02. The SMILES string of the molecule is COc1cccc(CN(CCN)Cc2ccccc2)c1F. The molecule has 0 aliphatic rings. The molecule has 0 amide bonds. The van der Waals surface area contributed by atoms with Gasteiger partial charge in [-0.2, -0.15) is 0 Å². The van der Waals surface area contributed by atoms with Crippen molar-refractivity contribution in [1.29, 1.82) is 0 Å².